The van der Waals surface area contributed by atoms with Crippen molar-refractivity contribution in [3.05, 3.63) is 53.6 Å². The molecule has 20 heavy (non-hydrogen) atoms. The van der Waals surface area contributed by atoms with Crippen LogP contribution in [0.4, 0.5) is 0 Å². The minimum absolute atomic E-state index is 0. The third-order valence-corrected chi connectivity index (χ3v) is 2.91. The van der Waals surface area contributed by atoms with Gasteiger partial charge in [0.1, 0.15) is 5.78 Å². The Morgan fingerprint density at radius 2 is 1.60 bits per heavy atom. The molecule has 0 aliphatic carbocycles. The van der Waals surface area contributed by atoms with Gasteiger partial charge in [-0.1, -0.05) is 23.3 Å². The van der Waals surface area contributed by atoms with Crippen LogP contribution in [0.5, 0.6) is 5.75 Å². The van der Waals surface area contributed by atoms with Crippen molar-refractivity contribution in [2.45, 2.75) is 13.8 Å². The predicted octanol–water partition coefficient (Wildman–Crippen LogP) is 3.26. The number of Topliss-reactive ketones (excluding diaryl/α,β-unsaturated/α-hetero) is 2. The van der Waals surface area contributed by atoms with E-state index in [0.717, 1.165) is 0 Å². The van der Waals surface area contributed by atoms with Crippen molar-refractivity contribution >= 4 is 11.6 Å². The van der Waals surface area contributed by atoms with Crippen molar-refractivity contribution in [1.82, 2.24) is 0 Å². The maximum Gasteiger partial charge on any atom is 0.159 e. The average Bonchev–Trinajstić information content (AvgIpc) is 2.38. The second kappa shape index (κ2) is 7.02. The molecule has 0 unspecified atom stereocenters. The van der Waals surface area contributed by atoms with E-state index in [9.17, 15) is 14.7 Å². The minimum Gasteiger partial charge on any atom is -0.517 e. The zero-order chi connectivity index (χ0) is 14.0. The van der Waals surface area contributed by atoms with Crippen molar-refractivity contribution in [1.29, 1.82) is 0 Å². The zero-order valence-corrected chi connectivity index (χ0v) is 13.0. The summed E-state index contributed by atoms with van der Waals surface area (Å²) < 4.78 is 0. The van der Waals surface area contributed by atoms with E-state index in [1.807, 2.05) is 0 Å². The maximum absolute atomic E-state index is 11.2. The standard InChI is InChI=1S/C16H13O3.Ho/c1-10(17)12-3-5-13(6-4-12)15-8-7-14(11(2)18)9-16(15)19;/h3-5,7-9,19H,1-2H3;/q-1;. The Morgan fingerprint density at radius 1 is 1.00 bits per heavy atom. The molecule has 0 fully saturated rings. The summed E-state index contributed by atoms with van der Waals surface area (Å²) in [5.41, 5.74) is 2.29. The number of hydrogen-bond acceptors (Lipinski definition) is 3. The Morgan fingerprint density at radius 3 is 2.05 bits per heavy atom. The smallest absolute Gasteiger partial charge is 0.159 e. The number of rotatable bonds is 3. The van der Waals surface area contributed by atoms with Gasteiger partial charge < -0.3 is 9.90 Å². The quantitative estimate of drug-likeness (QED) is 0.473. The molecule has 0 bridgehead atoms. The van der Waals surface area contributed by atoms with Gasteiger partial charge in [-0.15, -0.1) is 29.8 Å². The van der Waals surface area contributed by atoms with Crippen LogP contribution in [-0.2, 0) is 0 Å². The Balaban J connectivity index is 0.00000200. The molecule has 3 nitrogen and oxygen atoms in total. The molecule has 1 N–H and O–H groups in total. The molecule has 4 heteroatoms. The second-order valence-electron chi connectivity index (χ2n) is 4.34. The van der Waals surface area contributed by atoms with E-state index < -0.39 is 0 Å². The SMILES string of the molecule is CC(=O)c1c[c-]c(-c2ccc(C(C)=O)cc2O)cc1.[Ho]. The van der Waals surface area contributed by atoms with Crippen molar-refractivity contribution in [3.8, 4) is 16.9 Å². The Kier molecular flexibility index (Phi) is 5.93. The van der Waals surface area contributed by atoms with Gasteiger partial charge in [0.15, 0.2) is 5.78 Å². The monoisotopic (exact) mass is 418 g/mol. The molecule has 0 saturated heterocycles. The van der Waals surface area contributed by atoms with E-state index in [1.54, 1.807) is 30.3 Å². The van der Waals surface area contributed by atoms with Crippen LogP contribution < -0.4 is 0 Å². The molecule has 0 amide bonds. The molecule has 1 radical (unpaired) electrons. The van der Waals surface area contributed by atoms with Gasteiger partial charge in [0.05, 0.1) is 5.75 Å². The molecule has 107 valence electrons. The fourth-order valence-electron chi connectivity index (χ4n) is 1.79. The van der Waals surface area contributed by atoms with Gasteiger partial charge in [0.2, 0.25) is 0 Å². The van der Waals surface area contributed by atoms with Crippen LogP contribution in [0, 0.1) is 43.8 Å². The Bertz CT molecular complexity index is 645. The van der Waals surface area contributed by atoms with Gasteiger partial charge in [-0.3, -0.25) is 4.79 Å². The van der Waals surface area contributed by atoms with Crippen molar-refractivity contribution in [2.24, 2.45) is 0 Å². The first-order valence-electron chi connectivity index (χ1n) is 5.86. The van der Waals surface area contributed by atoms with Crippen LogP contribution in [0.1, 0.15) is 34.6 Å². The first kappa shape index (κ1) is 16.9. The van der Waals surface area contributed by atoms with Crippen molar-refractivity contribution in [3.63, 3.8) is 0 Å². The van der Waals surface area contributed by atoms with Crippen LogP contribution in [0.2, 0.25) is 0 Å². The molecule has 0 aliphatic heterocycles. The van der Waals surface area contributed by atoms with Gasteiger partial charge in [0, 0.05) is 43.3 Å². The normalized spacial score (nSPS) is 9.70. The number of aromatic hydroxyl groups is 1. The number of phenols is 1. The molecule has 2 rings (SSSR count). The number of benzene rings is 2. The summed E-state index contributed by atoms with van der Waals surface area (Å²) in [4.78, 5) is 22.4. The van der Waals surface area contributed by atoms with E-state index in [4.69, 9.17) is 0 Å². The van der Waals surface area contributed by atoms with Gasteiger partial charge in [-0.2, -0.15) is 0 Å². The van der Waals surface area contributed by atoms with Gasteiger partial charge in [-0.05, 0) is 19.9 Å². The fraction of sp³-hybridized carbons (Fsp3) is 0.125. The fourth-order valence-corrected chi connectivity index (χ4v) is 1.79. The van der Waals surface area contributed by atoms with E-state index >= 15 is 0 Å². The summed E-state index contributed by atoms with van der Waals surface area (Å²) in [6, 6.07) is 12.7. The number of phenolic OH excluding ortho intramolecular Hbond substituents is 1. The van der Waals surface area contributed by atoms with Crippen LogP contribution in [0.3, 0.4) is 0 Å². The van der Waals surface area contributed by atoms with E-state index in [2.05, 4.69) is 6.07 Å². The van der Waals surface area contributed by atoms with E-state index in [0.29, 0.717) is 22.3 Å². The molecule has 0 heterocycles. The zero-order valence-electron chi connectivity index (χ0n) is 11.0. The summed E-state index contributed by atoms with van der Waals surface area (Å²) in [6.07, 6.45) is 0. The summed E-state index contributed by atoms with van der Waals surface area (Å²) in [5, 5.41) is 9.93. The number of hydrogen-bond donors (Lipinski definition) is 1. The van der Waals surface area contributed by atoms with Crippen LogP contribution in [0.25, 0.3) is 11.1 Å². The van der Waals surface area contributed by atoms with E-state index in [1.165, 1.54) is 19.9 Å². The summed E-state index contributed by atoms with van der Waals surface area (Å²) in [7, 11) is 0. The molecule has 2 aromatic carbocycles. The predicted molar refractivity (Wildman–Crippen MR) is 72.4 cm³/mol. The van der Waals surface area contributed by atoms with Gasteiger partial charge >= 0.3 is 0 Å². The van der Waals surface area contributed by atoms with Crippen molar-refractivity contribution in [2.75, 3.05) is 0 Å². The summed E-state index contributed by atoms with van der Waals surface area (Å²) in [6.45, 7) is 2.93. The third-order valence-electron chi connectivity index (χ3n) is 2.91. The minimum atomic E-state index is -0.0993. The average molecular weight is 418 g/mol. The molecule has 0 saturated carbocycles. The Labute approximate surface area is 147 Å². The summed E-state index contributed by atoms with van der Waals surface area (Å²) in [5.74, 6) is -0.101. The number of carbonyl (C=O) groups excluding carboxylic acids is 2. The second-order valence-corrected chi connectivity index (χ2v) is 4.34. The summed E-state index contributed by atoms with van der Waals surface area (Å²) >= 11 is 0. The van der Waals surface area contributed by atoms with Crippen LogP contribution >= 0.6 is 0 Å². The molecular formula is C16H13HoO3-. The van der Waals surface area contributed by atoms with Crippen molar-refractivity contribution < 1.29 is 52.4 Å². The third kappa shape index (κ3) is 3.69. The molecule has 0 atom stereocenters. The number of carbonyl (C=O) groups is 2. The molecule has 0 aliphatic rings. The molecular weight excluding hydrogens is 405 g/mol. The largest absolute Gasteiger partial charge is 0.517 e. The molecule has 0 spiro atoms. The first-order valence-corrected chi connectivity index (χ1v) is 5.86. The van der Waals surface area contributed by atoms with E-state index in [-0.39, 0.29) is 55.1 Å². The molecule has 0 aromatic heterocycles. The van der Waals surface area contributed by atoms with Gasteiger partial charge in [0.25, 0.3) is 0 Å². The maximum atomic E-state index is 11.2. The first-order chi connectivity index (χ1) is 8.99. The number of ketones is 2. The van der Waals surface area contributed by atoms with Gasteiger partial charge in [-0.25, -0.2) is 0 Å². The van der Waals surface area contributed by atoms with Crippen LogP contribution in [-0.4, -0.2) is 16.7 Å². The molecule has 2 aromatic rings. The topological polar surface area (TPSA) is 54.4 Å². The Hall–Kier alpha value is -1.16. The van der Waals surface area contributed by atoms with Crippen LogP contribution in [0.15, 0.2) is 36.4 Å².